The van der Waals surface area contributed by atoms with Crippen LogP contribution in [0.25, 0.3) is 10.9 Å². The number of halogens is 1. The quantitative estimate of drug-likeness (QED) is 0.771. The summed E-state index contributed by atoms with van der Waals surface area (Å²) in [5.41, 5.74) is 6.39. The fourth-order valence-corrected chi connectivity index (χ4v) is 1.86. The van der Waals surface area contributed by atoms with Crippen LogP contribution in [0.3, 0.4) is 0 Å². The number of benzene rings is 1. The van der Waals surface area contributed by atoms with E-state index in [1.807, 2.05) is 18.2 Å². The molecule has 1 aromatic carbocycles. The average Bonchev–Trinajstić information content (AvgIpc) is 2.59. The highest BCUT2D eigenvalue weighted by Crippen LogP contribution is 2.26. The Bertz CT molecular complexity index is 521. The molecule has 0 bridgehead atoms. The Kier molecular flexibility index (Phi) is 2.50. The number of nitrogens with two attached hydrogens (primary N) is 1. The summed E-state index contributed by atoms with van der Waals surface area (Å²) in [7, 11) is 0. The number of hydrogen-bond acceptors (Lipinski definition) is 2. The molecule has 4 N–H and O–H groups in total. The third-order valence-corrected chi connectivity index (χ3v) is 2.73. The van der Waals surface area contributed by atoms with E-state index in [0.717, 1.165) is 15.4 Å². The van der Waals surface area contributed by atoms with E-state index in [4.69, 9.17) is 5.73 Å². The molecule has 0 aliphatic heterocycles. The van der Waals surface area contributed by atoms with Gasteiger partial charge in [0.1, 0.15) is 0 Å². The van der Waals surface area contributed by atoms with Gasteiger partial charge in [-0.25, -0.2) is 0 Å². The molecule has 15 heavy (non-hydrogen) atoms. The zero-order chi connectivity index (χ0) is 11.0. The van der Waals surface area contributed by atoms with Gasteiger partial charge >= 0.3 is 0 Å². The van der Waals surface area contributed by atoms with Crippen molar-refractivity contribution < 1.29 is 9.90 Å². The Morgan fingerprint density at radius 1 is 1.53 bits per heavy atom. The van der Waals surface area contributed by atoms with Gasteiger partial charge < -0.3 is 15.8 Å². The Labute approximate surface area is 94.2 Å². The van der Waals surface area contributed by atoms with Gasteiger partial charge in [0.25, 0.3) is 5.91 Å². The molecule has 78 valence electrons. The number of H-pyrrole nitrogens is 1. The molecule has 1 unspecified atom stereocenters. The summed E-state index contributed by atoms with van der Waals surface area (Å²) >= 11 is 3.33. The second kappa shape index (κ2) is 3.67. The predicted molar refractivity (Wildman–Crippen MR) is 60.2 cm³/mol. The predicted octanol–water partition coefficient (Wildman–Crippen LogP) is 1.45. The maximum absolute atomic E-state index is 10.9. The number of aliphatic hydroxyl groups excluding tert-OH is 1. The van der Waals surface area contributed by atoms with Crippen molar-refractivity contribution >= 4 is 32.7 Å². The Morgan fingerprint density at radius 2 is 2.27 bits per heavy atom. The number of hydrogen-bond donors (Lipinski definition) is 3. The number of carbonyl (C=O) groups is 1. The second-order valence-corrected chi connectivity index (χ2v) is 4.15. The van der Waals surface area contributed by atoms with Gasteiger partial charge in [-0.15, -0.1) is 0 Å². The molecule has 0 radical (unpaired) electrons. The topological polar surface area (TPSA) is 79.1 Å². The number of primary amides is 1. The first-order valence-electron chi connectivity index (χ1n) is 4.33. The van der Waals surface area contributed by atoms with E-state index in [1.54, 1.807) is 6.20 Å². The van der Waals surface area contributed by atoms with Crippen LogP contribution in [-0.2, 0) is 4.79 Å². The van der Waals surface area contributed by atoms with Crippen LogP contribution in [0.15, 0.2) is 28.9 Å². The molecule has 5 heteroatoms. The van der Waals surface area contributed by atoms with Gasteiger partial charge in [0.15, 0.2) is 6.10 Å². The summed E-state index contributed by atoms with van der Waals surface area (Å²) < 4.78 is 0.928. The van der Waals surface area contributed by atoms with Crippen LogP contribution in [0.4, 0.5) is 0 Å². The lowest BCUT2D eigenvalue weighted by Gasteiger charge is -2.04. The van der Waals surface area contributed by atoms with E-state index in [0.29, 0.717) is 5.56 Å². The van der Waals surface area contributed by atoms with Crippen molar-refractivity contribution in [3.8, 4) is 0 Å². The normalized spacial score (nSPS) is 12.9. The van der Waals surface area contributed by atoms with Crippen LogP contribution >= 0.6 is 15.9 Å². The summed E-state index contributed by atoms with van der Waals surface area (Å²) in [6.45, 7) is 0. The van der Waals surface area contributed by atoms with Gasteiger partial charge in [-0.2, -0.15) is 0 Å². The fourth-order valence-electron chi connectivity index (χ4n) is 1.50. The SMILES string of the molecule is NC(=O)C(O)c1c[nH]c2cc(Br)ccc12. The van der Waals surface area contributed by atoms with Gasteiger partial charge in [-0.05, 0) is 12.1 Å². The van der Waals surface area contributed by atoms with Crippen LogP contribution < -0.4 is 5.73 Å². The molecule has 4 nitrogen and oxygen atoms in total. The maximum atomic E-state index is 10.9. The lowest BCUT2D eigenvalue weighted by molar-refractivity contribution is -0.126. The number of aliphatic hydroxyl groups is 1. The lowest BCUT2D eigenvalue weighted by atomic mass is 10.1. The Morgan fingerprint density at radius 3 is 2.93 bits per heavy atom. The number of amides is 1. The first-order valence-corrected chi connectivity index (χ1v) is 5.13. The van der Waals surface area contributed by atoms with Crippen molar-refractivity contribution in [1.82, 2.24) is 4.98 Å². The van der Waals surface area contributed by atoms with Gasteiger partial charge in [-0.3, -0.25) is 4.79 Å². The third kappa shape index (κ3) is 1.75. The van der Waals surface area contributed by atoms with E-state index < -0.39 is 12.0 Å². The molecule has 0 saturated carbocycles. The highest BCUT2D eigenvalue weighted by atomic mass is 79.9. The number of aromatic nitrogens is 1. The highest BCUT2D eigenvalue weighted by molar-refractivity contribution is 9.10. The molecule has 1 atom stereocenters. The smallest absolute Gasteiger partial charge is 0.250 e. The average molecular weight is 269 g/mol. The van der Waals surface area contributed by atoms with Crippen molar-refractivity contribution in [2.24, 2.45) is 5.73 Å². The molecule has 0 fully saturated rings. The van der Waals surface area contributed by atoms with Crippen LogP contribution in [0.5, 0.6) is 0 Å². The molecule has 2 aromatic rings. The van der Waals surface area contributed by atoms with Gasteiger partial charge in [0, 0.05) is 27.1 Å². The minimum atomic E-state index is -1.26. The molecular formula is C10H9BrN2O2. The van der Waals surface area contributed by atoms with E-state index in [1.165, 1.54) is 0 Å². The number of nitrogens with one attached hydrogen (secondary N) is 1. The maximum Gasteiger partial charge on any atom is 0.250 e. The van der Waals surface area contributed by atoms with Crippen LogP contribution in [0, 0.1) is 0 Å². The van der Waals surface area contributed by atoms with E-state index in [2.05, 4.69) is 20.9 Å². The molecule has 1 aromatic heterocycles. The van der Waals surface area contributed by atoms with E-state index >= 15 is 0 Å². The zero-order valence-electron chi connectivity index (χ0n) is 7.70. The van der Waals surface area contributed by atoms with Gasteiger partial charge in [-0.1, -0.05) is 22.0 Å². The van der Waals surface area contributed by atoms with Crippen molar-refractivity contribution in [3.05, 3.63) is 34.4 Å². The van der Waals surface area contributed by atoms with Crippen LogP contribution in [0.1, 0.15) is 11.7 Å². The number of fused-ring (bicyclic) bond motifs is 1. The lowest BCUT2D eigenvalue weighted by Crippen LogP contribution is -2.20. The minimum absolute atomic E-state index is 0.505. The summed E-state index contributed by atoms with van der Waals surface area (Å²) in [6, 6.07) is 5.53. The highest BCUT2D eigenvalue weighted by Gasteiger charge is 2.17. The number of carbonyl (C=O) groups excluding carboxylic acids is 1. The summed E-state index contributed by atoms with van der Waals surface area (Å²) in [5.74, 6) is -0.751. The molecular weight excluding hydrogens is 260 g/mol. The Balaban J connectivity index is 2.59. The monoisotopic (exact) mass is 268 g/mol. The third-order valence-electron chi connectivity index (χ3n) is 2.24. The standard InChI is InChI=1S/C10H9BrN2O2/c11-5-1-2-6-7(9(14)10(12)15)4-13-8(6)3-5/h1-4,9,13-14H,(H2,12,15). The molecule has 0 aliphatic rings. The largest absolute Gasteiger partial charge is 0.378 e. The molecule has 0 aliphatic carbocycles. The molecule has 0 saturated heterocycles. The second-order valence-electron chi connectivity index (χ2n) is 3.24. The van der Waals surface area contributed by atoms with E-state index in [9.17, 15) is 9.90 Å². The van der Waals surface area contributed by atoms with Crippen LogP contribution in [-0.4, -0.2) is 16.0 Å². The van der Waals surface area contributed by atoms with Gasteiger partial charge in [0.05, 0.1) is 0 Å². The summed E-state index contributed by atoms with van der Waals surface area (Å²) in [4.78, 5) is 13.8. The zero-order valence-corrected chi connectivity index (χ0v) is 9.28. The van der Waals surface area contributed by atoms with Crippen molar-refractivity contribution in [2.75, 3.05) is 0 Å². The van der Waals surface area contributed by atoms with E-state index in [-0.39, 0.29) is 0 Å². The summed E-state index contributed by atoms with van der Waals surface area (Å²) in [5, 5.41) is 10.3. The van der Waals surface area contributed by atoms with Crippen LogP contribution in [0.2, 0.25) is 0 Å². The fraction of sp³-hybridized carbons (Fsp3) is 0.100. The molecule has 0 spiro atoms. The first kappa shape index (κ1) is 10.2. The first-order chi connectivity index (χ1) is 7.09. The molecule has 2 rings (SSSR count). The van der Waals surface area contributed by atoms with Gasteiger partial charge in [0.2, 0.25) is 0 Å². The summed E-state index contributed by atoms with van der Waals surface area (Å²) in [6.07, 6.45) is 0.326. The molecule has 1 amide bonds. The number of aromatic amines is 1. The van der Waals surface area contributed by atoms with Crippen molar-refractivity contribution in [1.29, 1.82) is 0 Å². The minimum Gasteiger partial charge on any atom is -0.378 e. The Hall–Kier alpha value is -1.33. The molecule has 1 heterocycles. The van der Waals surface area contributed by atoms with Crippen molar-refractivity contribution in [2.45, 2.75) is 6.10 Å². The van der Waals surface area contributed by atoms with Crippen molar-refractivity contribution in [3.63, 3.8) is 0 Å². The number of rotatable bonds is 2.